The Bertz CT molecular complexity index is 322. The van der Waals surface area contributed by atoms with Gasteiger partial charge in [0.25, 0.3) is 0 Å². The monoisotopic (exact) mass is 288 g/mol. The van der Waals surface area contributed by atoms with Crippen molar-refractivity contribution < 1.29 is 14.7 Å². The number of nitrogens with one attached hydrogen (secondary N) is 1. The van der Waals surface area contributed by atoms with Gasteiger partial charge in [-0.1, -0.05) is 0 Å². The molecule has 1 rings (SSSR count). The molecule has 1 unspecified atom stereocenters. The molecule has 0 saturated carbocycles. The number of carboxylic acid groups (broad SMARTS) is 1. The van der Waals surface area contributed by atoms with E-state index in [9.17, 15) is 9.59 Å². The minimum Gasteiger partial charge on any atom is -0.481 e. The van der Waals surface area contributed by atoms with Crippen LogP contribution >= 0.6 is 11.8 Å². The van der Waals surface area contributed by atoms with E-state index >= 15 is 0 Å². The molecule has 0 aromatic heterocycles. The second-order valence-electron chi connectivity index (χ2n) is 5.79. The number of carbonyl (C=O) groups excluding carboxylic acids is 1. The lowest BCUT2D eigenvalue weighted by molar-refractivity contribution is -0.137. The van der Waals surface area contributed by atoms with Crippen LogP contribution < -0.4 is 5.32 Å². The van der Waals surface area contributed by atoms with Crippen molar-refractivity contribution in [1.82, 2.24) is 10.2 Å². The Balaban J connectivity index is 2.48. The van der Waals surface area contributed by atoms with Gasteiger partial charge in [0, 0.05) is 23.9 Å². The Labute approximate surface area is 119 Å². The Morgan fingerprint density at radius 2 is 2.11 bits per heavy atom. The third-order valence-electron chi connectivity index (χ3n) is 3.11. The van der Waals surface area contributed by atoms with Gasteiger partial charge < -0.3 is 15.3 Å². The smallest absolute Gasteiger partial charge is 0.317 e. The number of nitrogens with zero attached hydrogens (tertiary/aromatic N) is 1. The van der Waals surface area contributed by atoms with Gasteiger partial charge in [-0.2, -0.15) is 11.8 Å². The Kier molecular flexibility index (Phi) is 5.97. The van der Waals surface area contributed by atoms with Gasteiger partial charge in [-0.05, 0) is 39.4 Å². The van der Waals surface area contributed by atoms with Gasteiger partial charge in [0.1, 0.15) is 0 Å². The van der Waals surface area contributed by atoms with E-state index in [1.165, 1.54) is 12.2 Å². The lowest BCUT2D eigenvalue weighted by Gasteiger charge is -2.35. The maximum atomic E-state index is 12.2. The van der Waals surface area contributed by atoms with Gasteiger partial charge in [-0.3, -0.25) is 4.79 Å². The first-order valence-electron chi connectivity index (χ1n) is 6.69. The third-order valence-corrected chi connectivity index (χ3v) is 4.51. The first-order valence-corrected chi connectivity index (χ1v) is 7.74. The maximum absolute atomic E-state index is 12.2. The highest BCUT2D eigenvalue weighted by Crippen LogP contribution is 2.25. The van der Waals surface area contributed by atoms with Crippen LogP contribution in [0.15, 0.2) is 0 Å². The first kappa shape index (κ1) is 16.1. The van der Waals surface area contributed by atoms with Gasteiger partial charge in [0.2, 0.25) is 0 Å². The average molecular weight is 288 g/mol. The predicted molar refractivity (Wildman–Crippen MR) is 77.6 cm³/mol. The van der Waals surface area contributed by atoms with Gasteiger partial charge in [0.05, 0.1) is 6.42 Å². The number of aliphatic carboxylic acids is 1. The number of carboxylic acids is 1. The topological polar surface area (TPSA) is 69.6 Å². The highest BCUT2D eigenvalue weighted by molar-refractivity contribution is 8.00. The van der Waals surface area contributed by atoms with Gasteiger partial charge in [0.15, 0.2) is 0 Å². The zero-order valence-corrected chi connectivity index (χ0v) is 12.8. The molecule has 2 N–H and O–H groups in total. The molecule has 1 heterocycles. The van der Waals surface area contributed by atoms with Crippen LogP contribution in [0.4, 0.5) is 4.79 Å². The molecule has 1 saturated heterocycles. The van der Waals surface area contributed by atoms with E-state index in [2.05, 4.69) is 5.32 Å². The standard InChI is InChI=1S/C13H24N2O3S/c1-13(2,3)15(7-6-11(16)17)12(18)14-9-10-5-4-8-19-10/h10H,4-9H2,1-3H3,(H,14,18)(H,16,17). The number of amides is 2. The third kappa shape index (κ3) is 5.72. The van der Waals surface area contributed by atoms with E-state index in [1.54, 1.807) is 4.90 Å². The zero-order valence-electron chi connectivity index (χ0n) is 11.9. The number of carbonyl (C=O) groups is 2. The molecule has 2 amide bonds. The van der Waals surface area contributed by atoms with Crippen molar-refractivity contribution >= 4 is 23.8 Å². The van der Waals surface area contributed by atoms with E-state index in [4.69, 9.17) is 5.11 Å². The van der Waals surface area contributed by atoms with E-state index in [0.717, 1.165) is 6.42 Å². The summed E-state index contributed by atoms with van der Waals surface area (Å²) in [5.74, 6) is 0.288. The summed E-state index contributed by atoms with van der Waals surface area (Å²) in [6.07, 6.45) is 2.34. The minimum absolute atomic E-state index is 0.0249. The molecule has 0 bridgehead atoms. The molecule has 1 fully saturated rings. The quantitative estimate of drug-likeness (QED) is 0.813. The summed E-state index contributed by atoms with van der Waals surface area (Å²) in [4.78, 5) is 24.4. The fourth-order valence-corrected chi connectivity index (χ4v) is 3.25. The van der Waals surface area contributed by atoms with Crippen LogP contribution in [0.3, 0.4) is 0 Å². The van der Waals surface area contributed by atoms with Crippen LogP contribution in [0.1, 0.15) is 40.0 Å². The molecule has 0 aromatic carbocycles. The molecule has 0 aliphatic carbocycles. The normalized spacial score (nSPS) is 19.2. The predicted octanol–water partition coefficient (Wildman–Crippen LogP) is 2.17. The highest BCUT2D eigenvalue weighted by atomic mass is 32.2. The van der Waals surface area contributed by atoms with Crippen LogP contribution in [0.5, 0.6) is 0 Å². The van der Waals surface area contributed by atoms with Gasteiger partial charge >= 0.3 is 12.0 Å². The summed E-state index contributed by atoms with van der Waals surface area (Å²) in [7, 11) is 0. The van der Waals surface area contributed by atoms with Crippen LogP contribution in [-0.4, -0.2) is 51.6 Å². The largest absolute Gasteiger partial charge is 0.481 e. The van der Waals surface area contributed by atoms with Crippen LogP contribution in [0.2, 0.25) is 0 Å². The van der Waals surface area contributed by atoms with Crippen LogP contribution in [0, 0.1) is 0 Å². The number of thioether (sulfide) groups is 1. The van der Waals surface area contributed by atoms with Crippen molar-refractivity contribution in [3.63, 3.8) is 0 Å². The Morgan fingerprint density at radius 1 is 1.42 bits per heavy atom. The van der Waals surface area contributed by atoms with Crippen molar-refractivity contribution in [2.45, 2.75) is 50.8 Å². The van der Waals surface area contributed by atoms with E-state index < -0.39 is 5.97 Å². The molecule has 0 aromatic rings. The van der Waals surface area contributed by atoms with Crippen LogP contribution in [-0.2, 0) is 4.79 Å². The van der Waals surface area contributed by atoms with E-state index in [-0.39, 0.29) is 24.5 Å². The first-order chi connectivity index (χ1) is 8.80. The van der Waals surface area contributed by atoms with Crippen molar-refractivity contribution in [1.29, 1.82) is 0 Å². The van der Waals surface area contributed by atoms with Gasteiger partial charge in [-0.25, -0.2) is 4.79 Å². The molecule has 6 heteroatoms. The molecule has 0 radical (unpaired) electrons. The Morgan fingerprint density at radius 3 is 2.58 bits per heavy atom. The molecule has 5 nitrogen and oxygen atoms in total. The molecule has 19 heavy (non-hydrogen) atoms. The van der Waals surface area contributed by atoms with Crippen molar-refractivity contribution in [3.8, 4) is 0 Å². The Hall–Kier alpha value is -0.910. The molecule has 1 aliphatic rings. The average Bonchev–Trinajstić information content (AvgIpc) is 2.76. The van der Waals surface area contributed by atoms with E-state index in [0.29, 0.717) is 11.8 Å². The number of rotatable bonds is 5. The van der Waals surface area contributed by atoms with E-state index in [1.807, 2.05) is 32.5 Å². The molecular weight excluding hydrogens is 264 g/mol. The summed E-state index contributed by atoms with van der Waals surface area (Å²) in [5.41, 5.74) is -0.373. The summed E-state index contributed by atoms with van der Waals surface area (Å²) in [5, 5.41) is 12.2. The maximum Gasteiger partial charge on any atom is 0.317 e. The summed E-state index contributed by atoms with van der Waals surface area (Å²) >= 11 is 1.89. The second kappa shape index (κ2) is 7.03. The van der Waals surface area contributed by atoms with Crippen molar-refractivity contribution in [2.75, 3.05) is 18.8 Å². The molecule has 0 spiro atoms. The number of hydrogen-bond donors (Lipinski definition) is 2. The minimum atomic E-state index is -0.881. The van der Waals surface area contributed by atoms with Crippen LogP contribution in [0.25, 0.3) is 0 Å². The number of urea groups is 1. The van der Waals surface area contributed by atoms with Gasteiger partial charge in [-0.15, -0.1) is 0 Å². The fourth-order valence-electron chi connectivity index (χ4n) is 2.05. The molecule has 1 aliphatic heterocycles. The summed E-state index contributed by atoms with van der Waals surface area (Å²) in [6, 6.07) is -0.166. The highest BCUT2D eigenvalue weighted by Gasteiger charge is 2.27. The zero-order chi connectivity index (χ0) is 14.5. The lowest BCUT2D eigenvalue weighted by Crippen LogP contribution is -2.52. The number of hydrogen-bond acceptors (Lipinski definition) is 3. The van der Waals surface area contributed by atoms with Crippen molar-refractivity contribution in [2.24, 2.45) is 0 Å². The second-order valence-corrected chi connectivity index (χ2v) is 7.20. The van der Waals surface area contributed by atoms with Crippen molar-refractivity contribution in [3.05, 3.63) is 0 Å². The summed E-state index contributed by atoms with van der Waals surface area (Å²) < 4.78 is 0. The lowest BCUT2D eigenvalue weighted by atomic mass is 10.1. The SMILES string of the molecule is CC(C)(C)N(CCC(=O)O)C(=O)NCC1CCCS1. The molecular formula is C13H24N2O3S. The summed E-state index contributed by atoms with van der Waals surface area (Å²) in [6.45, 7) is 6.65. The molecule has 110 valence electrons. The molecule has 1 atom stereocenters. The fraction of sp³-hybridized carbons (Fsp3) is 0.846.